The Balaban J connectivity index is 4.08. The van der Waals surface area contributed by atoms with Gasteiger partial charge in [0.05, 0.1) is 0 Å². The summed E-state index contributed by atoms with van der Waals surface area (Å²) in [4.78, 5) is 34.7. The number of allylic oxidation sites excluding steroid dienone is 11. The number of hydrogen-bond acceptors (Lipinski definition) is 4. The van der Waals surface area contributed by atoms with Gasteiger partial charge in [0.2, 0.25) is 5.91 Å². The zero-order chi connectivity index (χ0) is 33.8. The lowest BCUT2D eigenvalue weighted by molar-refractivity contribution is -0.147. The van der Waals surface area contributed by atoms with Crippen LogP contribution in [-0.4, -0.2) is 35.6 Å². The largest absolute Gasteiger partial charge is 0.480 e. The maximum atomic E-state index is 12.6. The summed E-state index contributed by atoms with van der Waals surface area (Å²) >= 11 is 0. The summed E-state index contributed by atoms with van der Waals surface area (Å²) in [6, 6.07) is 0. The minimum Gasteiger partial charge on any atom is -0.480 e. The standard InChI is InChI=1S/C40H65NO5/c1-3-5-7-9-11-12-13-14-15-16-17-18-19-20-21-22-23-25-31-35-40(45)46-37(32-28-24-10-8-6-4-2)33-29-26-27-30-34-38(42)41-36-39(43)44/h5,7-8,10-12,14-15,17-18,28,32,37H,3-4,6,9,13,16,19-27,29-31,33-36H2,1-2H3,(H,41,42)(H,43,44)/b7-5-,10-8-,12-11-,15-14-,18-17-,32-28-. The van der Waals surface area contributed by atoms with Gasteiger partial charge in [-0.05, 0) is 83.1 Å². The Hall–Kier alpha value is -3.15. The molecule has 6 nitrogen and oxygen atoms in total. The summed E-state index contributed by atoms with van der Waals surface area (Å²) in [7, 11) is 0. The molecular weight excluding hydrogens is 574 g/mol. The number of esters is 1. The minimum absolute atomic E-state index is 0.120. The second-order valence-corrected chi connectivity index (χ2v) is 11.7. The van der Waals surface area contributed by atoms with Crippen molar-refractivity contribution >= 4 is 17.8 Å². The first-order chi connectivity index (χ1) is 22.5. The second kappa shape index (κ2) is 34.7. The van der Waals surface area contributed by atoms with E-state index < -0.39 is 5.97 Å². The predicted octanol–water partition coefficient (Wildman–Crippen LogP) is 10.7. The van der Waals surface area contributed by atoms with Crippen LogP contribution in [0.5, 0.6) is 0 Å². The number of carboxylic acid groups (broad SMARTS) is 1. The molecule has 0 aliphatic rings. The molecule has 0 fully saturated rings. The highest BCUT2D eigenvalue weighted by atomic mass is 16.5. The molecule has 6 heteroatoms. The highest BCUT2D eigenvalue weighted by molar-refractivity contribution is 5.80. The third kappa shape index (κ3) is 33.7. The van der Waals surface area contributed by atoms with Crippen LogP contribution in [-0.2, 0) is 19.1 Å². The van der Waals surface area contributed by atoms with Crippen LogP contribution < -0.4 is 5.32 Å². The van der Waals surface area contributed by atoms with Gasteiger partial charge in [-0.1, -0.05) is 126 Å². The smallest absolute Gasteiger partial charge is 0.322 e. The molecule has 0 saturated heterocycles. The van der Waals surface area contributed by atoms with E-state index >= 15 is 0 Å². The van der Waals surface area contributed by atoms with Crippen molar-refractivity contribution in [2.45, 2.75) is 155 Å². The minimum atomic E-state index is -1.04. The summed E-state index contributed by atoms with van der Waals surface area (Å²) in [6.07, 6.45) is 46.2. The molecule has 0 bridgehead atoms. The number of nitrogens with one attached hydrogen (secondary N) is 1. The highest BCUT2D eigenvalue weighted by Crippen LogP contribution is 2.14. The average Bonchev–Trinajstić information content (AvgIpc) is 3.04. The Labute approximate surface area is 281 Å². The molecule has 0 aromatic heterocycles. The van der Waals surface area contributed by atoms with E-state index in [-0.39, 0.29) is 24.5 Å². The summed E-state index contributed by atoms with van der Waals surface area (Å²) in [5.74, 6) is -1.38. The lowest BCUT2D eigenvalue weighted by Gasteiger charge is -2.14. The number of ether oxygens (including phenoxy) is 1. The summed E-state index contributed by atoms with van der Waals surface area (Å²) in [5.41, 5.74) is 0. The molecule has 0 aromatic rings. The normalized spacial score (nSPS) is 12.9. The van der Waals surface area contributed by atoms with Gasteiger partial charge in [0, 0.05) is 12.8 Å². The lowest BCUT2D eigenvalue weighted by atomic mass is 10.1. The molecule has 0 heterocycles. The topological polar surface area (TPSA) is 92.7 Å². The fraction of sp³-hybridized carbons (Fsp3) is 0.625. The Morgan fingerprint density at radius 2 is 1.13 bits per heavy atom. The van der Waals surface area contributed by atoms with Gasteiger partial charge in [-0.15, -0.1) is 0 Å². The van der Waals surface area contributed by atoms with Gasteiger partial charge in [-0.3, -0.25) is 14.4 Å². The molecule has 0 saturated carbocycles. The van der Waals surface area contributed by atoms with Crippen LogP contribution >= 0.6 is 0 Å². The number of carbonyl (C=O) groups excluding carboxylic acids is 2. The van der Waals surface area contributed by atoms with Crippen molar-refractivity contribution in [1.29, 1.82) is 0 Å². The zero-order valence-corrected chi connectivity index (χ0v) is 29.1. The Morgan fingerprint density at radius 3 is 1.76 bits per heavy atom. The van der Waals surface area contributed by atoms with E-state index in [0.29, 0.717) is 12.8 Å². The molecule has 0 rings (SSSR count). The SMILES string of the molecule is CC/C=C\C/C=C\C/C=C\C/C=C\CCCCCCCCC(=O)OC(/C=C\C/C=C\CCC)CCCCCCC(=O)NCC(=O)O. The Bertz CT molecular complexity index is 928. The molecule has 0 spiro atoms. The first kappa shape index (κ1) is 42.9. The van der Waals surface area contributed by atoms with Gasteiger partial charge in [0.1, 0.15) is 12.6 Å². The monoisotopic (exact) mass is 639 g/mol. The van der Waals surface area contributed by atoms with E-state index in [1.54, 1.807) is 0 Å². The van der Waals surface area contributed by atoms with Gasteiger partial charge in [0.25, 0.3) is 0 Å². The van der Waals surface area contributed by atoms with E-state index in [1.165, 1.54) is 19.3 Å². The molecule has 2 N–H and O–H groups in total. The first-order valence-electron chi connectivity index (χ1n) is 18.1. The number of rotatable bonds is 31. The van der Waals surface area contributed by atoms with E-state index in [2.05, 4.69) is 86.0 Å². The average molecular weight is 640 g/mol. The molecule has 46 heavy (non-hydrogen) atoms. The fourth-order valence-corrected chi connectivity index (χ4v) is 4.70. The molecule has 1 unspecified atom stereocenters. The third-order valence-electron chi connectivity index (χ3n) is 7.33. The van der Waals surface area contributed by atoms with Crippen molar-refractivity contribution in [2.24, 2.45) is 0 Å². The lowest BCUT2D eigenvalue weighted by Crippen LogP contribution is -2.28. The highest BCUT2D eigenvalue weighted by Gasteiger charge is 2.11. The molecule has 0 aliphatic carbocycles. The maximum absolute atomic E-state index is 12.6. The number of unbranched alkanes of at least 4 members (excludes halogenated alkanes) is 10. The van der Waals surface area contributed by atoms with Crippen molar-refractivity contribution in [2.75, 3.05) is 6.54 Å². The van der Waals surface area contributed by atoms with Crippen molar-refractivity contribution < 1.29 is 24.2 Å². The van der Waals surface area contributed by atoms with Crippen LogP contribution in [0.3, 0.4) is 0 Å². The number of aliphatic carboxylic acids is 1. The Kier molecular flexibility index (Phi) is 32.3. The maximum Gasteiger partial charge on any atom is 0.322 e. The Morgan fingerprint density at radius 1 is 0.609 bits per heavy atom. The quantitative estimate of drug-likeness (QED) is 0.0447. The second-order valence-electron chi connectivity index (χ2n) is 11.7. The van der Waals surface area contributed by atoms with Crippen LogP contribution in [0.2, 0.25) is 0 Å². The number of amides is 1. The molecule has 1 atom stereocenters. The zero-order valence-electron chi connectivity index (χ0n) is 29.1. The van der Waals surface area contributed by atoms with E-state index in [1.807, 2.05) is 6.08 Å². The van der Waals surface area contributed by atoms with Crippen molar-refractivity contribution in [3.63, 3.8) is 0 Å². The van der Waals surface area contributed by atoms with E-state index in [0.717, 1.165) is 103 Å². The van der Waals surface area contributed by atoms with E-state index in [4.69, 9.17) is 9.84 Å². The molecule has 260 valence electrons. The van der Waals surface area contributed by atoms with Crippen LogP contribution in [0, 0.1) is 0 Å². The van der Waals surface area contributed by atoms with Crippen molar-refractivity contribution in [1.82, 2.24) is 5.32 Å². The van der Waals surface area contributed by atoms with Gasteiger partial charge >= 0.3 is 11.9 Å². The van der Waals surface area contributed by atoms with Crippen molar-refractivity contribution in [3.8, 4) is 0 Å². The number of carboxylic acids is 1. The van der Waals surface area contributed by atoms with Gasteiger partial charge in [-0.2, -0.15) is 0 Å². The summed E-state index contributed by atoms with van der Waals surface area (Å²) in [6.45, 7) is 3.98. The molecule has 0 aliphatic heterocycles. The molecule has 0 radical (unpaired) electrons. The van der Waals surface area contributed by atoms with Gasteiger partial charge in [-0.25, -0.2) is 0 Å². The van der Waals surface area contributed by atoms with Crippen LogP contribution in [0.15, 0.2) is 72.9 Å². The van der Waals surface area contributed by atoms with Crippen LogP contribution in [0.1, 0.15) is 149 Å². The molecule has 1 amide bonds. The molecular formula is C40H65NO5. The van der Waals surface area contributed by atoms with Crippen LogP contribution in [0.4, 0.5) is 0 Å². The summed E-state index contributed by atoms with van der Waals surface area (Å²) < 4.78 is 5.83. The van der Waals surface area contributed by atoms with Gasteiger partial charge in [0.15, 0.2) is 0 Å². The predicted molar refractivity (Wildman–Crippen MR) is 194 cm³/mol. The molecule has 0 aromatic carbocycles. The van der Waals surface area contributed by atoms with Gasteiger partial charge < -0.3 is 15.2 Å². The van der Waals surface area contributed by atoms with Crippen molar-refractivity contribution in [3.05, 3.63) is 72.9 Å². The third-order valence-corrected chi connectivity index (χ3v) is 7.33. The summed E-state index contributed by atoms with van der Waals surface area (Å²) in [5, 5.41) is 11.0. The number of carbonyl (C=O) groups is 3. The first-order valence-corrected chi connectivity index (χ1v) is 18.1. The number of hydrogen-bond donors (Lipinski definition) is 2. The van der Waals surface area contributed by atoms with Crippen LogP contribution in [0.25, 0.3) is 0 Å². The fourth-order valence-electron chi connectivity index (χ4n) is 4.70. The van der Waals surface area contributed by atoms with E-state index in [9.17, 15) is 14.4 Å².